The number of benzene rings is 1. The van der Waals surface area contributed by atoms with Gasteiger partial charge in [0, 0.05) is 11.8 Å². The monoisotopic (exact) mass is 359 g/mol. The van der Waals surface area contributed by atoms with Gasteiger partial charge in [0.25, 0.3) is 0 Å². The number of hydrogen-bond donors (Lipinski definition) is 1. The molecule has 3 nitrogen and oxygen atoms in total. The first-order valence-corrected chi connectivity index (χ1v) is 6.58. The van der Waals surface area contributed by atoms with Gasteiger partial charge in [-0.25, -0.2) is 0 Å². The molecule has 0 aliphatic rings. The van der Waals surface area contributed by atoms with Crippen LogP contribution in [-0.4, -0.2) is 7.11 Å². The van der Waals surface area contributed by atoms with Crippen molar-refractivity contribution in [2.45, 2.75) is 6.54 Å². The largest absolute Gasteiger partial charge is 0.495 e. The fourth-order valence-corrected chi connectivity index (χ4v) is 2.15. The Bertz CT molecular complexity index is 511. The maximum Gasteiger partial charge on any atom is 0.136 e. The highest BCUT2D eigenvalue weighted by molar-refractivity contribution is 9.10. The van der Waals surface area contributed by atoms with Gasteiger partial charge in [-0.2, -0.15) is 0 Å². The van der Waals surface area contributed by atoms with Crippen LogP contribution in [0.2, 0.25) is 0 Å². The fraction of sp³-hybridized carbons (Fsp3) is 0.167. The average molecular weight is 361 g/mol. The highest BCUT2D eigenvalue weighted by atomic mass is 79.9. The van der Waals surface area contributed by atoms with E-state index in [2.05, 4.69) is 37.2 Å². The molecule has 0 unspecified atom stereocenters. The summed E-state index contributed by atoms with van der Waals surface area (Å²) < 4.78 is 12.4. The van der Waals surface area contributed by atoms with E-state index >= 15 is 0 Å². The lowest BCUT2D eigenvalue weighted by molar-refractivity contribution is 0.412. The second kappa shape index (κ2) is 5.60. The van der Waals surface area contributed by atoms with Crippen LogP contribution in [0, 0.1) is 0 Å². The standard InChI is InChI=1S/C12H11Br2NO2/c1-16-11-6-8(2-3-9(11)13)15-7-12-10(14)4-5-17-12/h2-6,15H,7H2,1H3. The second-order valence-corrected chi connectivity index (χ2v) is 5.10. The van der Waals surface area contributed by atoms with Gasteiger partial charge in [0.05, 0.1) is 28.9 Å². The molecule has 0 radical (unpaired) electrons. The molecule has 90 valence electrons. The summed E-state index contributed by atoms with van der Waals surface area (Å²) in [4.78, 5) is 0. The second-order valence-electron chi connectivity index (χ2n) is 3.39. The van der Waals surface area contributed by atoms with Crippen LogP contribution in [0.1, 0.15) is 5.76 Å². The van der Waals surface area contributed by atoms with Crippen molar-refractivity contribution in [1.82, 2.24) is 0 Å². The fourth-order valence-electron chi connectivity index (χ4n) is 1.40. The Hall–Kier alpha value is -0.940. The quantitative estimate of drug-likeness (QED) is 0.875. The molecular weight excluding hydrogens is 350 g/mol. The van der Waals surface area contributed by atoms with Gasteiger partial charge >= 0.3 is 0 Å². The molecule has 0 fully saturated rings. The van der Waals surface area contributed by atoms with Gasteiger partial charge in [-0.15, -0.1) is 0 Å². The van der Waals surface area contributed by atoms with Crippen LogP contribution in [0.5, 0.6) is 5.75 Å². The summed E-state index contributed by atoms with van der Waals surface area (Å²) in [6, 6.07) is 7.72. The summed E-state index contributed by atoms with van der Waals surface area (Å²) in [6.07, 6.45) is 1.66. The average Bonchev–Trinajstić information content (AvgIpc) is 2.74. The summed E-state index contributed by atoms with van der Waals surface area (Å²) >= 11 is 6.83. The van der Waals surface area contributed by atoms with Crippen LogP contribution < -0.4 is 10.1 Å². The van der Waals surface area contributed by atoms with E-state index < -0.39 is 0 Å². The van der Waals surface area contributed by atoms with Crippen LogP contribution in [0.15, 0.2) is 43.9 Å². The first-order valence-electron chi connectivity index (χ1n) is 5.00. The summed E-state index contributed by atoms with van der Waals surface area (Å²) in [6.45, 7) is 0.623. The number of ether oxygens (including phenoxy) is 1. The molecule has 0 bridgehead atoms. The molecule has 5 heteroatoms. The minimum Gasteiger partial charge on any atom is -0.495 e. The third-order valence-electron chi connectivity index (χ3n) is 2.30. The number of rotatable bonds is 4. The van der Waals surface area contributed by atoms with E-state index in [-0.39, 0.29) is 0 Å². The van der Waals surface area contributed by atoms with E-state index in [1.54, 1.807) is 13.4 Å². The van der Waals surface area contributed by atoms with Gasteiger partial charge in [0.1, 0.15) is 11.5 Å². The summed E-state index contributed by atoms with van der Waals surface area (Å²) in [5, 5.41) is 3.27. The van der Waals surface area contributed by atoms with Gasteiger partial charge in [-0.1, -0.05) is 0 Å². The molecule has 0 aliphatic carbocycles. The van der Waals surface area contributed by atoms with Crippen molar-refractivity contribution in [3.05, 3.63) is 45.2 Å². The zero-order chi connectivity index (χ0) is 12.3. The summed E-state index contributed by atoms with van der Waals surface area (Å²) in [5.41, 5.74) is 0.980. The Morgan fingerprint density at radius 1 is 1.24 bits per heavy atom. The summed E-state index contributed by atoms with van der Waals surface area (Å²) in [7, 11) is 1.65. The van der Waals surface area contributed by atoms with Gasteiger partial charge < -0.3 is 14.5 Å². The molecule has 1 heterocycles. The molecule has 17 heavy (non-hydrogen) atoms. The maximum atomic E-state index is 5.32. The van der Waals surface area contributed by atoms with Crippen LogP contribution >= 0.6 is 31.9 Å². The molecule has 1 N–H and O–H groups in total. The van der Waals surface area contributed by atoms with E-state index in [4.69, 9.17) is 9.15 Å². The molecule has 2 rings (SSSR count). The predicted molar refractivity (Wildman–Crippen MR) is 74.4 cm³/mol. The lowest BCUT2D eigenvalue weighted by Gasteiger charge is -2.08. The van der Waals surface area contributed by atoms with Crippen molar-refractivity contribution in [1.29, 1.82) is 0 Å². The van der Waals surface area contributed by atoms with Crippen molar-refractivity contribution < 1.29 is 9.15 Å². The highest BCUT2D eigenvalue weighted by Crippen LogP contribution is 2.28. The summed E-state index contributed by atoms with van der Waals surface area (Å²) in [5.74, 6) is 1.67. The van der Waals surface area contributed by atoms with Gasteiger partial charge in [-0.3, -0.25) is 0 Å². The minimum absolute atomic E-state index is 0.623. The number of furan rings is 1. The molecule has 0 aliphatic heterocycles. The smallest absolute Gasteiger partial charge is 0.136 e. The third kappa shape index (κ3) is 3.04. The topological polar surface area (TPSA) is 34.4 Å². The van der Waals surface area contributed by atoms with Crippen LogP contribution in [0.4, 0.5) is 5.69 Å². The van der Waals surface area contributed by atoms with E-state index in [9.17, 15) is 0 Å². The van der Waals surface area contributed by atoms with E-state index in [0.29, 0.717) is 6.54 Å². The molecular formula is C12H11Br2NO2. The Kier molecular flexibility index (Phi) is 4.12. The Labute approximate surface area is 116 Å². The zero-order valence-corrected chi connectivity index (χ0v) is 12.3. The van der Waals surface area contributed by atoms with Gasteiger partial charge in [0.2, 0.25) is 0 Å². The number of nitrogens with one attached hydrogen (secondary N) is 1. The van der Waals surface area contributed by atoms with Crippen molar-refractivity contribution in [2.75, 3.05) is 12.4 Å². The number of anilines is 1. The normalized spacial score (nSPS) is 10.3. The highest BCUT2D eigenvalue weighted by Gasteiger charge is 2.05. The first-order chi connectivity index (χ1) is 8.20. The first kappa shape index (κ1) is 12.5. The van der Waals surface area contributed by atoms with Crippen molar-refractivity contribution in [3.63, 3.8) is 0 Å². The Morgan fingerprint density at radius 3 is 2.71 bits per heavy atom. The Morgan fingerprint density at radius 2 is 2.06 bits per heavy atom. The van der Waals surface area contributed by atoms with Crippen LogP contribution in [-0.2, 0) is 6.54 Å². The van der Waals surface area contributed by atoms with Crippen molar-refractivity contribution >= 4 is 37.5 Å². The minimum atomic E-state index is 0.623. The van der Waals surface area contributed by atoms with Crippen molar-refractivity contribution in [3.8, 4) is 5.75 Å². The molecule has 1 aromatic carbocycles. The molecule has 0 amide bonds. The number of methoxy groups -OCH3 is 1. The molecule has 0 spiro atoms. The van der Waals surface area contributed by atoms with Crippen LogP contribution in [0.3, 0.4) is 0 Å². The molecule has 0 saturated carbocycles. The lowest BCUT2D eigenvalue weighted by Crippen LogP contribution is -1.99. The molecule has 0 saturated heterocycles. The zero-order valence-electron chi connectivity index (χ0n) is 9.17. The van der Waals surface area contributed by atoms with Gasteiger partial charge in [0.15, 0.2) is 0 Å². The molecule has 2 aromatic rings. The third-order valence-corrected chi connectivity index (χ3v) is 3.66. The van der Waals surface area contributed by atoms with E-state index in [1.807, 2.05) is 24.3 Å². The maximum absolute atomic E-state index is 5.32. The van der Waals surface area contributed by atoms with E-state index in [1.165, 1.54) is 0 Å². The molecule has 1 aromatic heterocycles. The SMILES string of the molecule is COc1cc(NCc2occc2Br)ccc1Br. The molecule has 0 atom stereocenters. The van der Waals surface area contributed by atoms with Gasteiger partial charge in [-0.05, 0) is 50.1 Å². The van der Waals surface area contributed by atoms with E-state index in [0.717, 1.165) is 26.1 Å². The van der Waals surface area contributed by atoms with Crippen LogP contribution in [0.25, 0.3) is 0 Å². The lowest BCUT2D eigenvalue weighted by atomic mass is 10.3. The Balaban J connectivity index is 2.07. The number of hydrogen-bond acceptors (Lipinski definition) is 3. The van der Waals surface area contributed by atoms with Crippen molar-refractivity contribution in [2.24, 2.45) is 0 Å². The number of halogens is 2. The predicted octanol–water partition coefficient (Wildman–Crippen LogP) is 4.43.